The van der Waals surface area contributed by atoms with Crippen molar-refractivity contribution in [3.05, 3.63) is 200 Å². The predicted octanol–water partition coefficient (Wildman–Crippen LogP) is 16.1. The molecule has 0 aliphatic rings. The first-order valence-corrected chi connectivity index (χ1v) is 21.9. The standard InChI is InChI=1S/C60H33N3/c1-4-19-52-40(10-1)43-13-7-16-46-49-31-34(22-25-55(49)61(52)58(43)46)37-28-38(35-23-26-56-50(32-35)47-17-8-14-44-41-11-2-5-20-53(41)62(56)59(44)47)30-39(29-37)36-24-27-57-51(33-36)48-18-9-15-45-42-12-3-6-21-54(42)63(57)60(45)48/h1-33H. The van der Waals surface area contributed by atoms with Gasteiger partial charge >= 0.3 is 0 Å². The number of benzene rings is 10. The van der Waals surface area contributed by atoms with Gasteiger partial charge in [-0.15, -0.1) is 0 Å². The molecule has 6 heterocycles. The van der Waals surface area contributed by atoms with Gasteiger partial charge in [-0.25, -0.2) is 0 Å². The number of para-hydroxylation sites is 6. The summed E-state index contributed by atoms with van der Waals surface area (Å²) in [5.41, 5.74) is 18.7. The lowest BCUT2D eigenvalue weighted by Crippen LogP contribution is -1.88. The molecule has 0 unspecified atom stereocenters. The molecule has 16 rings (SSSR count). The molecule has 288 valence electrons. The van der Waals surface area contributed by atoms with Crippen LogP contribution >= 0.6 is 0 Å². The fraction of sp³-hybridized carbons (Fsp3) is 0. The van der Waals surface area contributed by atoms with Gasteiger partial charge in [0.05, 0.1) is 49.7 Å². The molecule has 0 bridgehead atoms. The summed E-state index contributed by atoms with van der Waals surface area (Å²) in [5, 5.41) is 15.6. The summed E-state index contributed by atoms with van der Waals surface area (Å²) in [7, 11) is 0. The zero-order chi connectivity index (χ0) is 40.7. The van der Waals surface area contributed by atoms with Crippen LogP contribution in [0.15, 0.2) is 200 Å². The highest BCUT2D eigenvalue weighted by Gasteiger charge is 2.21. The van der Waals surface area contributed by atoms with E-state index in [1.165, 1.54) is 148 Å². The first-order valence-electron chi connectivity index (χ1n) is 21.9. The van der Waals surface area contributed by atoms with Gasteiger partial charge in [0.15, 0.2) is 0 Å². The second kappa shape index (κ2) is 11.3. The van der Waals surface area contributed by atoms with E-state index in [1.807, 2.05) is 0 Å². The fourth-order valence-corrected chi connectivity index (χ4v) is 12.0. The third kappa shape index (κ3) is 3.97. The minimum Gasteiger partial charge on any atom is -0.308 e. The molecule has 0 saturated heterocycles. The SMILES string of the molecule is c1ccc2c(c1)c1cccc3c4cc(-c5cc(-c6ccc7c(c6)c6cccc8c9ccccc9n7c86)cc(-c6ccc7c(c6)c6cccc8c9ccccc9n7c86)c5)ccc4n2c13. The summed E-state index contributed by atoms with van der Waals surface area (Å²) in [6, 6.07) is 75.3. The Hall–Kier alpha value is -8.40. The first kappa shape index (κ1) is 32.4. The summed E-state index contributed by atoms with van der Waals surface area (Å²) < 4.78 is 7.40. The van der Waals surface area contributed by atoms with E-state index < -0.39 is 0 Å². The molecule has 6 aromatic heterocycles. The molecule has 0 saturated carbocycles. The third-order valence-electron chi connectivity index (χ3n) is 14.6. The zero-order valence-electron chi connectivity index (χ0n) is 33.9. The van der Waals surface area contributed by atoms with Crippen LogP contribution in [0.1, 0.15) is 0 Å². The van der Waals surface area contributed by atoms with E-state index in [1.54, 1.807) is 0 Å². The normalized spacial score (nSPS) is 12.8. The van der Waals surface area contributed by atoms with Gasteiger partial charge in [0.25, 0.3) is 0 Å². The van der Waals surface area contributed by atoms with Crippen molar-refractivity contribution in [2.75, 3.05) is 0 Å². The monoisotopic (exact) mass is 795 g/mol. The maximum absolute atomic E-state index is 2.47. The third-order valence-corrected chi connectivity index (χ3v) is 14.6. The van der Waals surface area contributed by atoms with Gasteiger partial charge in [-0.1, -0.05) is 127 Å². The van der Waals surface area contributed by atoms with Gasteiger partial charge in [-0.3, -0.25) is 0 Å². The molecule has 0 aliphatic carbocycles. The van der Waals surface area contributed by atoms with E-state index in [-0.39, 0.29) is 0 Å². The van der Waals surface area contributed by atoms with Crippen LogP contribution in [0.3, 0.4) is 0 Å². The van der Waals surface area contributed by atoms with E-state index in [0.717, 1.165) is 0 Å². The quantitative estimate of drug-likeness (QED) is 0.169. The van der Waals surface area contributed by atoms with Crippen LogP contribution in [0.25, 0.3) is 148 Å². The summed E-state index contributed by atoms with van der Waals surface area (Å²) in [6.07, 6.45) is 0. The van der Waals surface area contributed by atoms with E-state index in [0.29, 0.717) is 0 Å². The van der Waals surface area contributed by atoms with Crippen molar-refractivity contribution in [3.8, 4) is 33.4 Å². The number of aromatic nitrogens is 3. The lowest BCUT2D eigenvalue weighted by molar-refractivity contribution is 1.37. The van der Waals surface area contributed by atoms with Crippen molar-refractivity contribution >= 4 is 114 Å². The molecule has 0 amide bonds. The van der Waals surface area contributed by atoms with E-state index >= 15 is 0 Å². The maximum atomic E-state index is 2.47. The molecule has 0 radical (unpaired) electrons. The van der Waals surface area contributed by atoms with Crippen LogP contribution in [-0.4, -0.2) is 13.2 Å². The molecular formula is C60H33N3. The van der Waals surface area contributed by atoms with Crippen molar-refractivity contribution < 1.29 is 0 Å². The van der Waals surface area contributed by atoms with E-state index in [2.05, 4.69) is 213 Å². The molecule has 63 heavy (non-hydrogen) atoms. The number of hydrogen-bond donors (Lipinski definition) is 0. The maximum Gasteiger partial charge on any atom is 0.0620 e. The Bertz CT molecular complexity index is 4130. The second-order valence-corrected chi connectivity index (χ2v) is 17.7. The van der Waals surface area contributed by atoms with Crippen molar-refractivity contribution in [2.24, 2.45) is 0 Å². The van der Waals surface area contributed by atoms with Crippen molar-refractivity contribution in [1.82, 2.24) is 13.2 Å². The van der Waals surface area contributed by atoms with Gasteiger partial charge < -0.3 is 13.2 Å². The summed E-state index contributed by atoms with van der Waals surface area (Å²) in [6.45, 7) is 0. The summed E-state index contributed by atoms with van der Waals surface area (Å²) >= 11 is 0. The highest BCUT2D eigenvalue weighted by molar-refractivity contribution is 6.26. The first-order chi connectivity index (χ1) is 31.2. The Morgan fingerprint density at radius 2 is 0.429 bits per heavy atom. The van der Waals surface area contributed by atoms with Gasteiger partial charge in [-0.05, 0) is 106 Å². The lowest BCUT2D eigenvalue weighted by atomic mass is 9.91. The summed E-state index contributed by atoms with van der Waals surface area (Å²) in [4.78, 5) is 0. The number of fused-ring (bicyclic) bond motifs is 18. The van der Waals surface area contributed by atoms with Gasteiger partial charge in [0.2, 0.25) is 0 Å². The zero-order valence-corrected chi connectivity index (χ0v) is 33.9. The smallest absolute Gasteiger partial charge is 0.0620 e. The van der Waals surface area contributed by atoms with Gasteiger partial charge in [-0.2, -0.15) is 0 Å². The Balaban J connectivity index is 0.949. The lowest BCUT2D eigenvalue weighted by Gasteiger charge is -2.13. The number of hydrogen-bond acceptors (Lipinski definition) is 0. The van der Waals surface area contributed by atoms with Crippen LogP contribution < -0.4 is 0 Å². The predicted molar refractivity (Wildman–Crippen MR) is 267 cm³/mol. The molecule has 0 aliphatic heterocycles. The molecule has 16 aromatic rings. The van der Waals surface area contributed by atoms with Gasteiger partial charge in [0, 0.05) is 64.6 Å². The number of rotatable bonds is 3. The highest BCUT2D eigenvalue weighted by atomic mass is 14.9. The molecule has 0 N–H and O–H groups in total. The van der Waals surface area contributed by atoms with Crippen LogP contribution in [-0.2, 0) is 0 Å². The Morgan fingerprint density at radius 3 is 0.746 bits per heavy atom. The van der Waals surface area contributed by atoms with Gasteiger partial charge in [0.1, 0.15) is 0 Å². The van der Waals surface area contributed by atoms with Crippen LogP contribution in [0.4, 0.5) is 0 Å². The van der Waals surface area contributed by atoms with Crippen molar-refractivity contribution in [2.45, 2.75) is 0 Å². The molecule has 10 aromatic carbocycles. The average molecular weight is 796 g/mol. The van der Waals surface area contributed by atoms with E-state index in [4.69, 9.17) is 0 Å². The van der Waals surface area contributed by atoms with Crippen molar-refractivity contribution in [1.29, 1.82) is 0 Å². The topological polar surface area (TPSA) is 13.2 Å². The molecule has 0 fully saturated rings. The fourth-order valence-electron chi connectivity index (χ4n) is 12.0. The Labute approximate surface area is 359 Å². The molecule has 3 heteroatoms. The molecule has 0 spiro atoms. The van der Waals surface area contributed by atoms with Crippen LogP contribution in [0, 0.1) is 0 Å². The van der Waals surface area contributed by atoms with Crippen LogP contribution in [0.5, 0.6) is 0 Å². The molecular weight excluding hydrogens is 763 g/mol. The van der Waals surface area contributed by atoms with Crippen LogP contribution in [0.2, 0.25) is 0 Å². The number of nitrogens with zero attached hydrogens (tertiary/aromatic N) is 3. The minimum absolute atomic E-state index is 1.21. The second-order valence-electron chi connectivity index (χ2n) is 17.7. The largest absolute Gasteiger partial charge is 0.308 e. The Kier molecular flexibility index (Phi) is 5.80. The average Bonchev–Trinajstić information content (AvgIpc) is 4.19. The molecule has 3 nitrogen and oxygen atoms in total. The minimum atomic E-state index is 1.21. The molecule has 0 atom stereocenters. The van der Waals surface area contributed by atoms with Crippen molar-refractivity contribution in [3.63, 3.8) is 0 Å². The Morgan fingerprint density at radius 1 is 0.175 bits per heavy atom. The summed E-state index contributed by atoms with van der Waals surface area (Å²) in [5.74, 6) is 0. The van der Waals surface area contributed by atoms with E-state index in [9.17, 15) is 0 Å². The highest BCUT2D eigenvalue weighted by Crippen LogP contribution is 2.45.